The molecule has 4 unspecified atom stereocenters. The molecule has 0 spiro atoms. The Morgan fingerprint density at radius 2 is 2.12 bits per heavy atom. The minimum Gasteiger partial charge on any atom is -0.426 e. The summed E-state index contributed by atoms with van der Waals surface area (Å²) in [7, 11) is 0. The summed E-state index contributed by atoms with van der Waals surface area (Å²) in [6.07, 6.45) is 3.19. The van der Waals surface area contributed by atoms with Crippen LogP contribution in [0.2, 0.25) is 0 Å². The van der Waals surface area contributed by atoms with Crippen molar-refractivity contribution in [3.8, 4) is 5.75 Å². The molecule has 0 aromatic heterocycles. The molecule has 3 nitrogen and oxygen atoms in total. The normalized spacial score (nSPS) is 41.9. The molecule has 3 heteroatoms. The first-order valence-electron chi connectivity index (χ1n) is 6.26. The summed E-state index contributed by atoms with van der Waals surface area (Å²) in [6, 6.07) is 7.39. The Balaban J connectivity index is 1.91. The van der Waals surface area contributed by atoms with Gasteiger partial charge in [-0.05, 0) is 30.7 Å². The zero-order chi connectivity index (χ0) is 11.6. The molecule has 2 aliphatic carbocycles. The molecule has 17 heavy (non-hydrogen) atoms. The highest BCUT2D eigenvalue weighted by atomic mass is 16.5. The molecule has 88 valence electrons. The van der Waals surface area contributed by atoms with Gasteiger partial charge >= 0.3 is 5.97 Å². The summed E-state index contributed by atoms with van der Waals surface area (Å²) in [6.45, 7) is 0. The van der Waals surface area contributed by atoms with Gasteiger partial charge in [0.25, 0.3) is 0 Å². The van der Waals surface area contributed by atoms with Crippen LogP contribution in [0.4, 0.5) is 0 Å². The van der Waals surface area contributed by atoms with Crippen molar-refractivity contribution in [1.29, 1.82) is 0 Å². The topological polar surface area (TPSA) is 46.5 Å². The van der Waals surface area contributed by atoms with Crippen molar-refractivity contribution in [2.45, 2.75) is 24.9 Å². The first kappa shape index (κ1) is 9.66. The lowest BCUT2D eigenvalue weighted by Crippen LogP contribution is -2.63. The second-order valence-corrected chi connectivity index (χ2v) is 5.42. The largest absolute Gasteiger partial charge is 0.426 e. The molecule has 4 atom stereocenters. The van der Waals surface area contributed by atoms with Crippen LogP contribution < -0.4 is 4.74 Å². The number of aliphatic hydroxyl groups is 1. The molecule has 1 aromatic rings. The van der Waals surface area contributed by atoms with Gasteiger partial charge in [-0.3, -0.25) is 4.79 Å². The maximum Gasteiger partial charge on any atom is 0.317 e. The Kier molecular flexibility index (Phi) is 1.65. The molecule has 0 radical (unpaired) electrons. The molecule has 4 rings (SSSR count). The van der Waals surface area contributed by atoms with Gasteiger partial charge in [-0.15, -0.1) is 0 Å². The maximum atomic E-state index is 12.0. The Morgan fingerprint density at radius 1 is 1.29 bits per heavy atom. The molecule has 3 aliphatic rings. The number of benzene rings is 1. The van der Waals surface area contributed by atoms with Gasteiger partial charge < -0.3 is 9.84 Å². The highest BCUT2D eigenvalue weighted by Crippen LogP contribution is 2.65. The third-order valence-electron chi connectivity index (χ3n) is 4.82. The molecular weight excluding hydrogens is 216 g/mol. The summed E-state index contributed by atoms with van der Waals surface area (Å²) in [5.41, 5.74) is -0.139. The quantitative estimate of drug-likeness (QED) is 0.546. The van der Waals surface area contributed by atoms with Crippen molar-refractivity contribution >= 4 is 5.97 Å². The van der Waals surface area contributed by atoms with Gasteiger partial charge in [-0.1, -0.05) is 24.6 Å². The van der Waals surface area contributed by atoms with Crippen LogP contribution in [-0.2, 0) is 10.4 Å². The standard InChI is InChI=1S/C14H14O3/c15-13-12-8-4-3-6-9(8)14(12,16)10-5-1-2-7-11(10)17-13/h1-2,5,7-9,12,16H,3-4,6H2. The van der Waals surface area contributed by atoms with E-state index in [-0.39, 0.29) is 17.8 Å². The van der Waals surface area contributed by atoms with E-state index in [0.717, 1.165) is 24.8 Å². The number of carbonyl (C=O) groups is 1. The van der Waals surface area contributed by atoms with Crippen molar-refractivity contribution in [3.05, 3.63) is 29.8 Å². The Morgan fingerprint density at radius 3 is 3.00 bits per heavy atom. The lowest BCUT2D eigenvalue weighted by Gasteiger charge is -2.56. The van der Waals surface area contributed by atoms with Gasteiger partial charge in [0, 0.05) is 5.56 Å². The number of rotatable bonds is 0. The van der Waals surface area contributed by atoms with Crippen LogP contribution in [0.15, 0.2) is 24.3 Å². The van der Waals surface area contributed by atoms with E-state index in [1.165, 1.54) is 0 Å². The zero-order valence-corrected chi connectivity index (χ0v) is 9.43. The summed E-state index contributed by atoms with van der Waals surface area (Å²) in [5, 5.41) is 10.9. The number of esters is 1. The van der Waals surface area contributed by atoms with E-state index in [1.54, 1.807) is 6.07 Å². The van der Waals surface area contributed by atoms with Crippen LogP contribution in [0.3, 0.4) is 0 Å². The van der Waals surface area contributed by atoms with Gasteiger partial charge in [0.05, 0.1) is 5.92 Å². The summed E-state index contributed by atoms with van der Waals surface area (Å²) in [5.74, 6) is 0.559. The van der Waals surface area contributed by atoms with Crippen molar-refractivity contribution in [2.24, 2.45) is 17.8 Å². The zero-order valence-electron chi connectivity index (χ0n) is 9.43. The van der Waals surface area contributed by atoms with Gasteiger partial charge in [-0.2, -0.15) is 0 Å². The van der Waals surface area contributed by atoms with E-state index < -0.39 is 5.60 Å². The van der Waals surface area contributed by atoms with Gasteiger partial charge in [0.15, 0.2) is 0 Å². The number of carbonyl (C=O) groups excluding carboxylic acids is 1. The van der Waals surface area contributed by atoms with Crippen molar-refractivity contribution < 1.29 is 14.6 Å². The SMILES string of the molecule is O=C1Oc2ccccc2C2(O)C3CCCC3C12. The molecule has 0 saturated heterocycles. The molecule has 1 heterocycles. The molecule has 2 saturated carbocycles. The second kappa shape index (κ2) is 2.91. The van der Waals surface area contributed by atoms with E-state index in [9.17, 15) is 9.90 Å². The first-order valence-corrected chi connectivity index (χ1v) is 6.26. The van der Waals surface area contributed by atoms with E-state index in [4.69, 9.17) is 4.74 Å². The lowest BCUT2D eigenvalue weighted by atomic mass is 9.51. The Labute approximate surface area is 99.4 Å². The van der Waals surface area contributed by atoms with Crippen molar-refractivity contribution in [3.63, 3.8) is 0 Å². The number of hydrogen-bond acceptors (Lipinski definition) is 3. The summed E-state index contributed by atoms with van der Waals surface area (Å²) >= 11 is 0. The monoisotopic (exact) mass is 230 g/mol. The maximum absolute atomic E-state index is 12.0. The fourth-order valence-corrected chi connectivity index (χ4v) is 4.15. The minimum absolute atomic E-state index is 0.241. The molecule has 1 N–H and O–H groups in total. The number of para-hydroxylation sites is 1. The van der Waals surface area contributed by atoms with Crippen molar-refractivity contribution in [2.75, 3.05) is 0 Å². The Bertz CT molecular complexity index is 510. The fourth-order valence-electron chi connectivity index (χ4n) is 4.15. The Hall–Kier alpha value is -1.35. The van der Waals surface area contributed by atoms with Crippen LogP contribution >= 0.6 is 0 Å². The molecule has 1 aliphatic heterocycles. The van der Waals surface area contributed by atoms with Crippen molar-refractivity contribution in [1.82, 2.24) is 0 Å². The molecule has 1 aromatic carbocycles. The number of fused-ring (bicyclic) bond motifs is 6. The second-order valence-electron chi connectivity index (χ2n) is 5.42. The minimum atomic E-state index is -0.951. The smallest absolute Gasteiger partial charge is 0.317 e. The number of hydrogen-bond donors (Lipinski definition) is 1. The first-order chi connectivity index (χ1) is 8.23. The average Bonchev–Trinajstić information content (AvgIpc) is 2.73. The van der Waals surface area contributed by atoms with Gasteiger partial charge in [0.2, 0.25) is 0 Å². The highest BCUT2D eigenvalue weighted by Gasteiger charge is 2.69. The molecule has 0 amide bonds. The number of ether oxygens (including phenoxy) is 1. The third-order valence-corrected chi connectivity index (χ3v) is 4.82. The average molecular weight is 230 g/mol. The van der Waals surface area contributed by atoms with Crippen LogP contribution in [0.1, 0.15) is 24.8 Å². The van der Waals surface area contributed by atoms with E-state index in [2.05, 4.69) is 0 Å². The third kappa shape index (κ3) is 0.951. The lowest BCUT2D eigenvalue weighted by molar-refractivity contribution is -0.216. The fraction of sp³-hybridized carbons (Fsp3) is 0.500. The molecule has 0 bridgehead atoms. The van der Waals surface area contributed by atoms with E-state index in [1.807, 2.05) is 18.2 Å². The predicted octanol–water partition coefficient (Wildman–Crippen LogP) is 1.84. The molecular formula is C14H14O3. The van der Waals surface area contributed by atoms with Gasteiger partial charge in [-0.25, -0.2) is 0 Å². The van der Waals surface area contributed by atoms with Crippen LogP contribution in [0.25, 0.3) is 0 Å². The highest BCUT2D eigenvalue weighted by molar-refractivity contribution is 5.82. The van der Waals surface area contributed by atoms with Crippen LogP contribution in [-0.4, -0.2) is 11.1 Å². The van der Waals surface area contributed by atoms with Crippen LogP contribution in [0, 0.1) is 17.8 Å². The van der Waals surface area contributed by atoms with Crippen LogP contribution in [0.5, 0.6) is 5.75 Å². The molecule has 2 fully saturated rings. The van der Waals surface area contributed by atoms with E-state index in [0.29, 0.717) is 11.7 Å². The van der Waals surface area contributed by atoms with Gasteiger partial charge in [0.1, 0.15) is 11.4 Å². The summed E-state index contributed by atoms with van der Waals surface area (Å²) < 4.78 is 5.34. The summed E-state index contributed by atoms with van der Waals surface area (Å²) in [4.78, 5) is 12.0. The van der Waals surface area contributed by atoms with E-state index >= 15 is 0 Å². The predicted molar refractivity (Wildman–Crippen MR) is 60.3 cm³/mol.